The van der Waals surface area contributed by atoms with Crippen molar-refractivity contribution in [1.29, 1.82) is 0 Å². The van der Waals surface area contributed by atoms with Crippen molar-refractivity contribution >= 4 is 22.8 Å². The van der Waals surface area contributed by atoms with Crippen molar-refractivity contribution in [1.82, 2.24) is 24.8 Å². The first-order chi connectivity index (χ1) is 11.1. The molecular formula is C16H20N6O. The predicted octanol–water partition coefficient (Wildman–Crippen LogP) is 2.87. The molecule has 7 heteroatoms. The van der Waals surface area contributed by atoms with E-state index >= 15 is 0 Å². The molecule has 0 saturated carbocycles. The van der Waals surface area contributed by atoms with Gasteiger partial charge in [-0.3, -0.25) is 4.79 Å². The number of carbonyl (C=O) groups excluding carboxylic acids is 1. The fraction of sp³-hybridized carbons (Fsp3) is 0.375. The van der Waals surface area contributed by atoms with Gasteiger partial charge in [-0.2, -0.15) is 5.10 Å². The molecule has 1 amide bonds. The van der Waals surface area contributed by atoms with Crippen LogP contribution in [0.25, 0.3) is 11.0 Å². The zero-order valence-electron chi connectivity index (χ0n) is 13.5. The fourth-order valence-electron chi connectivity index (χ4n) is 2.47. The number of anilines is 1. The van der Waals surface area contributed by atoms with Gasteiger partial charge in [0, 0.05) is 18.2 Å². The van der Waals surface area contributed by atoms with Gasteiger partial charge in [0.2, 0.25) is 0 Å². The molecule has 23 heavy (non-hydrogen) atoms. The highest BCUT2D eigenvalue weighted by molar-refractivity contribution is 6.05. The third kappa shape index (κ3) is 2.81. The van der Waals surface area contributed by atoms with E-state index in [4.69, 9.17) is 0 Å². The summed E-state index contributed by atoms with van der Waals surface area (Å²) in [4.78, 5) is 12.5. The quantitative estimate of drug-likeness (QED) is 0.786. The molecule has 0 fully saturated rings. The van der Waals surface area contributed by atoms with E-state index < -0.39 is 0 Å². The van der Waals surface area contributed by atoms with E-state index in [9.17, 15) is 4.79 Å². The van der Waals surface area contributed by atoms with Crippen LogP contribution >= 0.6 is 0 Å². The van der Waals surface area contributed by atoms with Crippen molar-refractivity contribution in [2.45, 2.75) is 39.8 Å². The normalized spacial score (nSPS) is 12.5. The highest BCUT2D eigenvalue weighted by Gasteiger charge is 2.14. The maximum atomic E-state index is 12.5. The maximum absolute atomic E-state index is 12.5. The number of hydrogen-bond donors (Lipinski definition) is 1. The summed E-state index contributed by atoms with van der Waals surface area (Å²) in [5.41, 5.74) is 2.20. The zero-order valence-corrected chi connectivity index (χ0v) is 13.5. The van der Waals surface area contributed by atoms with Gasteiger partial charge < -0.3 is 5.32 Å². The first-order valence-corrected chi connectivity index (χ1v) is 7.82. The average Bonchev–Trinajstić information content (AvgIpc) is 3.19. The van der Waals surface area contributed by atoms with Gasteiger partial charge in [-0.25, -0.2) is 9.36 Å². The highest BCUT2D eigenvalue weighted by Crippen LogP contribution is 2.18. The summed E-state index contributed by atoms with van der Waals surface area (Å²) < 4.78 is 3.62. The monoisotopic (exact) mass is 312 g/mol. The molecular weight excluding hydrogens is 292 g/mol. The molecule has 1 unspecified atom stereocenters. The van der Waals surface area contributed by atoms with Gasteiger partial charge in [0.15, 0.2) is 0 Å². The van der Waals surface area contributed by atoms with Crippen molar-refractivity contribution < 1.29 is 4.79 Å². The molecule has 0 aliphatic carbocycles. The van der Waals surface area contributed by atoms with Crippen LogP contribution in [0.3, 0.4) is 0 Å². The molecule has 0 aliphatic rings. The Kier molecular flexibility index (Phi) is 4.10. The van der Waals surface area contributed by atoms with Crippen molar-refractivity contribution in [3.8, 4) is 0 Å². The summed E-state index contributed by atoms with van der Waals surface area (Å²) in [5.74, 6) is 0.518. The number of aromatic nitrogens is 5. The largest absolute Gasteiger partial charge is 0.307 e. The van der Waals surface area contributed by atoms with Crippen LogP contribution < -0.4 is 5.32 Å². The molecule has 0 aliphatic heterocycles. The molecule has 7 nitrogen and oxygen atoms in total. The lowest BCUT2D eigenvalue weighted by Gasteiger charge is -2.14. The predicted molar refractivity (Wildman–Crippen MR) is 88.4 cm³/mol. The van der Waals surface area contributed by atoms with E-state index in [1.54, 1.807) is 29.1 Å². The Morgan fingerprint density at radius 3 is 2.87 bits per heavy atom. The minimum Gasteiger partial charge on any atom is -0.307 e. The molecule has 1 atom stereocenters. The van der Waals surface area contributed by atoms with Crippen LogP contribution in [-0.2, 0) is 6.54 Å². The highest BCUT2D eigenvalue weighted by atomic mass is 16.1. The molecule has 3 rings (SSSR count). The van der Waals surface area contributed by atoms with E-state index in [-0.39, 0.29) is 11.9 Å². The van der Waals surface area contributed by atoms with E-state index in [1.807, 2.05) is 17.7 Å². The minimum atomic E-state index is -0.178. The van der Waals surface area contributed by atoms with Crippen LogP contribution in [0.1, 0.15) is 43.6 Å². The average molecular weight is 312 g/mol. The fourth-order valence-corrected chi connectivity index (χ4v) is 2.47. The van der Waals surface area contributed by atoms with Gasteiger partial charge in [0.1, 0.15) is 11.3 Å². The summed E-state index contributed by atoms with van der Waals surface area (Å²) in [5, 5.41) is 15.4. The number of benzene rings is 1. The first-order valence-electron chi connectivity index (χ1n) is 7.82. The Balaban J connectivity index is 1.85. The Bertz CT molecular complexity index is 834. The molecule has 120 valence electrons. The Labute approximate surface area is 134 Å². The zero-order chi connectivity index (χ0) is 16.4. The van der Waals surface area contributed by atoms with E-state index in [1.165, 1.54) is 0 Å². The van der Waals surface area contributed by atoms with Gasteiger partial charge in [-0.15, -0.1) is 5.10 Å². The number of rotatable bonds is 5. The van der Waals surface area contributed by atoms with Crippen molar-refractivity contribution in [3.05, 3.63) is 36.0 Å². The van der Waals surface area contributed by atoms with Gasteiger partial charge in [0.05, 0.1) is 17.8 Å². The Morgan fingerprint density at radius 2 is 2.13 bits per heavy atom. The molecule has 0 bridgehead atoms. The summed E-state index contributed by atoms with van der Waals surface area (Å²) in [7, 11) is 0. The number of nitrogens with one attached hydrogen (secondary N) is 1. The second-order valence-corrected chi connectivity index (χ2v) is 5.48. The van der Waals surface area contributed by atoms with Gasteiger partial charge in [-0.1, -0.05) is 12.1 Å². The van der Waals surface area contributed by atoms with Gasteiger partial charge >= 0.3 is 0 Å². The summed E-state index contributed by atoms with van der Waals surface area (Å²) in [6.45, 7) is 6.90. The minimum absolute atomic E-state index is 0.178. The third-order valence-corrected chi connectivity index (χ3v) is 4.00. The Hall–Kier alpha value is -2.70. The number of fused-ring (bicyclic) bond motifs is 1. The van der Waals surface area contributed by atoms with Crippen LogP contribution in [0.4, 0.5) is 5.82 Å². The number of amides is 1. The second-order valence-electron chi connectivity index (χ2n) is 5.48. The lowest BCUT2D eigenvalue weighted by molar-refractivity contribution is 0.102. The summed E-state index contributed by atoms with van der Waals surface area (Å²) >= 11 is 0. The Morgan fingerprint density at radius 1 is 1.30 bits per heavy atom. The summed E-state index contributed by atoms with van der Waals surface area (Å²) in [6, 6.07) is 7.45. The van der Waals surface area contributed by atoms with Crippen LogP contribution in [-0.4, -0.2) is 30.7 Å². The molecule has 1 N–H and O–H groups in total. The second kappa shape index (κ2) is 6.20. The van der Waals surface area contributed by atoms with Crippen molar-refractivity contribution in [3.63, 3.8) is 0 Å². The van der Waals surface area contributed by atoms with Crippen LogP contribution in [0.15, 0.2) is 30.5 Å². The number of carbonyl (C=O) groups is 1. The van der Waals surface area contributed by atoms with E-state index in [2.05, 4.69) is 34.6 Å². The molecule has 1 aromatic carbocycles. The number of aryl methyl sites for hydroxylation is 1. The third-order valence-electron chi connectivity index (χ3n) is 4.00. The first kappa shape index (κ1) is 15.2. The van der Waals surface area contributed by atoms with Gasteiger partial charge in [0.25, 0.3) is 5.91 Å². The topological polar surface area (TPSA) is 77.6 Å². The molecule has 0 radical (unpaired) electrons. The van der Waals surface area contributed by atoms with E-state index in [0.29, 0.717) is 11.4 Å². The van der Waals surface area contributed by atoms with E-state index in [0.717, 1.165) is 24.0 Å². The van der Waals surface area contributed by atoms with Crippen LogP contribution in [0, 0.1) is 0 Å². The van der Waals surface area contributed by atoms with Crippen molar-refractivity contribution in [2.24, 2.45) is 0 Å². The summed E-state index contributed by atoms with van der Waals surface area (Å²) in [6.07, 6.45) is 2.63. The van der Waals surface area contributed by atoms with Gasteiger partial charge in [-0.05, 0) is 38.5 Å². The molecule has 2 heterocycles. The maximum Gasteiger partial charge on any atom is 0.256 e. The number of hydrogen-bond acceptors (Lipinski definition) is 4. The van der Waals surface area contributed by atoms with Crippen LogP contribution in [0.2, 0.25) is 0 Å². The standard InChI is InChI=1S/C16H20N6O/c1-4-11(3)22-15(8-9-17-22)18-16(23)12-6-7-14-13(10-12)19-20-21(14)5-2/h6-11H,4-5H2,1-3H3,(H,18,23). The SMILES string of the molecule is CCC(C)n1nccc1NC(=O)c1ccc2c(c1)nnn2CC. The van der Waals surface area contributed by atoms with Crippen LogP contribution in [0.5, 0.6) is 0 Å². The number of nitrogens with zero attached hydrogens (tertiary/aromatic N) is 5. The lowest BCUT2D eigenvalue weighted by atomic mass is 10.2. The molecule has 2 aromatic heterocycles. The molecule has 0 saturated heterocycles. The van der Waals surface area contributed by atoms with Crippen molar-refractivity contribution in [2.75, 3.05) is 5.32 Å². The molecule has 0 spiro atoms. The smallest absolute Gasteiger partial charge is 0.256 e. The molecule has 3 aromatic rings. The lowest BCUT2D eigenvalue weighted by Crippen LogP contribution is -2.17.